The molecule has 4 heterocycles. The molecule has 4 aromatic heterocycles. The molecule has 1 N–H and O–H groups in total. The Morgan fingerprint density at radius 1 is 1.25 bits per heavy atom. The number of fused-ring (bicyclic) bond motifs is 1. The number of nitrogens with one attached hydrogen (secondary N) is 1. The van der Waals surface area contributed by atoms with E-state index in [9.17, 15) is 14.4 Å². The summed E-state index contributed by atoms with van der Waals surface area (Å²) in [4.78, 5) is 42.9. The van der Waals surface area contributed by atoms with Gasteiger partial charge in [-0.15, -0.1) is 11.3 Å². The van der Waals surface area contributed by atoms with Crippen LogP contribution in [0.5, 0.6) is 0 Å². The third kappa shape index (κ3) is 3.05. The van der Waals surface area contributed by atoms with Crippen molar-refractivity contribution in [3.05, 3.63) is 61.8 Å². The zero-order valence-corrected chi connectivity index (χ0v) is 16.0. The lowest BCUT2D eigenvalue weighted by molar-refractivity contribution is -0.116. The van der Waals surface area contributed by atoms with E-state index in [4.69, 9.17) is 0 Å². The maximum atomic E-state index is 12.7. The van der Waals surface area contributed by atoms with E-state index in [0.29, 0.717) is 12.4 Å². The number of nitrogens with zero attached hydrogens (tertiary/aromatic N) is 6. The predicted octanol–water partition coefficient (Wildman–Crippen LogP) is 0.379. The van der Waals surface area contributed by atoms with Crippen molar-refractivity contribution in [3.63, 3.8) is 0 Å². The Morgan fingerprint density at radius 3 is 2.82 bits per heavy atom. The van der Waals surface area contributed by atoms with Crippen molar-refractivity contribution in [1.29, 1.82) is 0 Å². The first kappa shape index (κ1) is 17.9. The molecule has 0 fully saturated rings. The Labute approximate surface area is 162 Å². The summed E-state index contributed by atoms with van der Waals surface area (Å²) in [6, 6.07) is 5.58. The molecule has 28 heavy (non-hydrogen) atoms. The van der Waals surface area contributed by atoms with Crippen molar-refractivity contribution < 1.29 is 4.79 Å². The van der Waals surface area contributed by atoms with Gasteiger partial charge in [0.2, 0.25) is 5.91 Å². The fourth-order valence-corrected chi connectivity index (χ4v) is 3.66. The van der Waals surface area contributed by atoms with E-state index in [1.54, 1.807) is 35.3 Å². The van der Waals surface area contributed by atoms with E-state index < -0.39 is 23.7 Å². The highest BCUT2D eigenvalue weighted by atomic mass is 32.1. The Kier molecular flexibility index (Phi) is 4.43. The monoisotopic (exact) mass is 399 g/mol. The molecule has 0 aliphatic rings. The molecule has 11 heteroatoms. The Balaban J connectivity index is 1.60. The summed E-state index contributed by atoms with van der Waals surface area (Å²) in [6.07, 6.45) is 3.04. The van der Waals surface area contributed by atoms with Gasteiger partial charge in [-0.05, 0) is 11.4 Å². The largest absolute Gasteiger partial charge is 0.332 e. The van der Waals surface area contributed by atoms with Gasteiger partial charge in [-0.3, -0.25) is 14.2 Å². The topological polar surface area (TPSA) is 109 Å². The highest BCUT2D eigenvalue weighted by molar-refractivity contribution is 7.09. The van der Waals surface area contributed by atoms with Crippen LogP contribution in [0.2, 0.25) is 0 Å². The van der Waals surface area contributed by atoms with Crippen LogP contribution in [0, 0.1) is 0 Å². The number of aromatic nitrogens is 6. The van der Waals surface area contributed by atoms with Crippen LogP contribution in [0.3, 0.4) is 0 Å². The zero-order chi connectivity index (χ0) is 19.8. The first-order valence-electron chi connectivity index (χ1n) is 8.40. The van der Waals surface area contributed by atoms with Crippen LogP contribution < -0.4 is 16.6 Å². The van der Waals surface area contributed by atoms with Gasteiger partial charge >= 0.3 is 5.69 Å². The first-order chi connectivity index (χ1) is 13.5. The molecule has 0 unspecified atom stereocenters. The van der Waals surface area contributed by atoms with Crippen molar-refractivity contribution >= 4 is 34.2 Å². The number of anilines is 1. The van der Waals surface area contributed by atoms with Crippen LogP contribution in [0.1, 0.15) is 4.88 Å². The molecule has 0 saturated carbocycles. The van der Waals surface area contributed by atoms with Crippen molar-refractivity contribution in [3.8, 4) is 0 Å². The summed E-state index contributed by atoms with van der Waals surface area (Å²) in [6.45, 7) is 0.111. The molecule has 0 bridgehead atoms. The maximum Gasteiger partial charge on any atom is 0.332 e. The molecule has 4 aromatic rings. The molecule has 144 valence electrons. The van der Waals surface area contributed by atoms with Crippen LogP contribution >= 0.6 is 11.3 Å². The molecular weight excluding hydrogens is 382 g/mol. The number of hydrogen-bond donors (Lipinski definition) is 1. The molecule has 0 saturated heterocycles. The van der Waals surface area contributed by atoms with Crippen LogP contribution in [0.25, 0.3) is 11.2 Å². The van der Waals surface area contributed by atoms with Crippen LogP contribution in [0.15, 0.2) is 45.7 Å². The van der Waals surface area contributed by atoms with Crippen LogP contribution in [0.4, 0.5) is 5.82 Å². The van der Waals surface area contributed by atoms with Crippen molar-refractivity contribution in [2.75, 3.05) is 5.32 Å². The SMILES string of the molecule is Cn1cnc2c1c(=O)n(CC(=O)Nc1ccnn1Cc1cccs1)c(=O)n2C. The number of hydrogen-bond acceptors (Lipinski definition) is 6. The second-order valence-electron chi connectivity index (χ2n) is 6.26. The maximum absolute atomic E-state index is 12.7. The van der Waals surface area contributed by atoms with Gasteiger partial charge in [0.1, 0.15) is 12.4 Å². The van der Waals surface area contributed by atoms with E-state index in [2.05, 4.69) is 15.4 Å². The lowest BCUT2D eigenvalue weighted by Crippen LogP contribution is -2.42. The second kappa shape index (κ2) is 6.93. The Hall–Kier alpha value is -3.47. The molecule has 10 nitrogen and oxygen atoms in total. The average Bonchev–Trinajstić information content (AvgIpc) is 3.40. The average molecular weight is 399 g/mol. The van der Waals surface area contributed by atoms with Crippen molar-refractivity contribution in [2.24, 2.45) is 14.1 Å². The summed E-state index contributed by atoms with van der Waals surface area (Å²) in [7, 11) is 3.18. The quantitative estimate of drug-likeness (QED) is 0.522. The smallest absolute Gasteiger partial charge is 0.328 e. The van der Waals surface area contributed by atoms with Gasteiger partial charge in [-0.25, -0.2) is 19.0 Å². The zero-order valence-electron chi connectivity index (χ0n) is 15.2. The minimum absolute atomic E-state index is 0.262. The predicted molar refractivity (Wildman–Crippen MR) is 104 cm³/mol. The van der Waals surface area contributed by atoms with E-state index in [0.717, 1.165) is 9.44 Å². The number of carbonyl (C=O) groups is 1. The van der Waals surface area contributed by atoms with E-state index in [1.807, 2.05) is 17.5 Å². The minimum atomic E-state index is -0.599. The van der Waals surface area contributed by atoms with Gasteiger partial charge in [-0.1, -0.05) is 6.07 Å². The number of thiophene rings is 1. The minimum Gasteiger partial charge on any atom is -0.328 e. The fraction of sp³-hybridized carbons (Fsp3) is 0.235. The highest BCUT2D eigenvalue weighted by Crippen LogP contribution is 2.14. The van der Waals surface area contributed by atoms with Crippen molar-refractivity contribution in [1.82, 2.24) is 28.5 Å². The molecule has 0 aromatic carbocycles. The summed E-state index contributed by atoms with van der Waals surface area (Å²) < 4.78 is 5.33. The fourth-order valence-electron chi connectivity index (χ4n) is 2.98. The van der Waals surface area contributed by atoms with E-state index >= 15 is 0 Å². The number of imidazole rings is 1. The van der Waals surface area contributed by atoms with Gasteiger partial charge in [0.15, 0.2) is 11.2 Å². The summed E-state index contributed by atoms with van der Waals surface area (Å²) >= 11 is 1.59. The summed E-state index contributed by atoms with van der Waals surface area (Å²) in [5.41, 5.74) is -0.611. The van der Waals surface area contributed by atoms with E-state index in [1.165, 1.54) is 22.5 Å². The van der Waals surface area contributed by atoms with Gasteiger partial charge in [-0.2, -0.15) is 5.10 Å². The lowest BCUT2D eigenvalue weighted by atomic mass is 10.4. The molecule has 0 aliphatic heterocycles. The normalized spacial score (nSPS) is 11.2. The second-order valence-corrected chi connectivity index (χ2v) is 7.29. The van der Waals surface area contributed by atoms with Gasteiger partial charge in [0.05, 0.1) is 19.1 Å². The van der Waals surface area contributed by atoms with Crippen molar-refractivity contribution in [2.45, 2.75) is 13.1 Å². The third-order valence-corrected chi connectivity index (χ3v) is 5.23. The van der Waals surface area contributed by atoms with Gasteiger partial charge < -0.3 is 9.88 Å². The summed E-state index contributed by atoms with van der Waals surface area (Å²) in [5.74, 6) is -0.00136. The molecular formula is C17H17N7O3S. The number of rotatable bonds is 5. The molecule has 0 atom stereocenters. The molecule has 0 spiro atoms. The highest BCUT2D eigenvalue weighted by Gasteiger charge is 2.17. The van der Waals surface area contributed by atoms with E-state index in [-0.39, 0.29) is 11.2 Å². The Morgan fingerprint density at radius 2 is 2.07 bits per heavy atom. The number of aryl methyl sites for hydroxylation is 2. The molecule has 0 radical (unpaired) electrons. The number of amides is 1. The first-order valence-corrected chi connectivity index (χ1v) is 9.28. The third-order valence-electron chi connectivity index (χ3n) is 4.37. The Bertz CT molecular complexity index is 1280. The molecule has 4 rings (SSSR count). The van der Waals surface area contributed by atoms with Crippen LogP contribution in [-0.2, 0) is 32.0 Å². The molecule has 1 amide bonds. The number of carbonyl (C=O) groups excluding carboxylic acids is 1. The molecule has 0 aliphatic carbocycles. The van der Waals surface area contributed by atoms with Crippen LogP contribution in [-0.4, -0.2) is 34.4 Å². The summed E-state index contributed by atoms with van der Waals surface area (Å²) in [5, 5.41) is 8.89. The van der Waals surface area contributed by atoms with Gasteiger partial charge in [0.25, 0.3) is 5.56 Å². The lowest BCUT2D eigenvalue weighted by Gasteiger charge is -2.10. The standard InChI is InChI=1S/C17H17N7O3S/c1-21-10-18-15-14(21)16(26)23(17(27)22(15)2)9-13(25)20-12-5-6-19-24(12)8-11-4-3-7-28-11/h3-7,10H,8-9H2,1-2H3,(H,20,25). The van der Waals surface area contributed by atoms with Gasteiger partial charge in [0, 0.05) is 25.0 Å².